The molecule has 78 valence electrons. The Morgan fingerprint density at radius 2 is 2.27 bits per heavy atom. The van der Waals surface area contributed by atoms with Crippen molar-refractivity contribution < 1.29 is 4.52 Å². The van der Waals surface area contributed by atoms with E-state index in [0.29, 0.717) is 31.1 Å². The lowest BCUT2D eigenvalue weighted by molar-refractivity contribution is 0.375. The van der Waals surface area contributed by atoms with Crippen molar-refractivity contribution in [1.29, 1.82) is 0 Å². The van der Waals surface area contributed by atoms with Crippen molar-refractivity contribution in [1.82, 2.24) is 15.1 Å². The lowest BCUT2D eigenvalue weighted by Crippen LogP contribution is -2.03. The fraction of sp³-hybridized carbons (Fsp3) is 0.300. The van der Waals surface area contributed by atoms with Gasteiger partial charge < -0.3 is 10.3 Å². The summed E-state index contributed by atoms with van der Waals surface area (Å²) in [4.78, 5) is 8.38. The van der Waals surface area contributed by atoms with E-state index in [1.165, 1.54) is 0 Å². The van der Waals surface area contributed by atoms with Crippen LogP contribution in [0.2, 0.25) is 0 Å². The van der Waals surface area contributed by atoms with Crippen molar-refractivity contribution in [3.05, 3.63) is 41.8 Å². The minimum Gasteiger partial charge on any atom is -0.339 e. The average Bonchev–Trinajstić information content (AvgIpc) is 2.68. The van der Waals surface area contributed by atoms with Crippen LogP contribution in [-0.2, 0) is 12.8 Å². The normalized spacial score (nSPS) is 10.5. The van der Waals surface area contributed by atoms with Gasteiger partial charge >= 0.3 is 0 Å². The monoisotopic (exact) mass is 204 g/mol. The van der Waals surface area contributed by atoms with Crippen LogP contribution in [0.4, 0.5) is 0 Å². The van der Waals surface area contributed by atoms with Gasteiger partial charge in [0.05, 0.1) is 6.42 Å². The van der Waals surface area contributed by atoms with Crippen molar-refractivity contribution in [2.24, 2.45) is 5.73 Å². The topological polar surface area (TPSA) is 77.8 Å². The minimum atomic E-state index is 0.519. The third-order valence-corrected chi connectivity index (χ3v) is 1.93. The average molecular weight is 204 g/mol. The van der Waals surface area contributed by atoms with Crippen LogP contribution in [0.3, 0.4) is 0 Å². The zero-order valence-corrected chi connectivity index (χ0v) is 8.26. The summed E-state index contributed by atoms with van der Waals surface area (Å²) in [5.41, 5.74) is 6.31. The van der Waals surface area contributed by atoms with E-state index in [0.717, 1.165) is 5.69 Å². The predicted octanol–water partition coefficient (Wildman–Crippen LogP) is 0.557. The highest BCUT2D eigenvalue weighted by Crippen LogP contribution is 2.03. The van der Waals surface area contributed by atoms with Gasteiger partial charge in [0, 0.05) is 24.9 Å². The maximum atomic E-state index is 5.38. The molecule has 2 N–H and O–H groups in total. The van der Waals surface area contributed by atoms with Gasteiger partial charge in [-0.3, -0.25) is 4.98 Å². The van der Waals surface area contributed by atoms with Crippen LogP contribution in [0.25, 0.3) is 0 Å². The summed E-state index contributed by atoms with van der Waals surface area (Å²) in [7, 11) is 0. The van der Waals surface area contributed by atoms with E-state index in [1.807, 2.05) is 18.2 Å². The molecule has 2 rings (SSSR count). The summed E-state index contributed by atoms with van der Waals surface area (Å²) in [6.45, 7) is 0.519. The molecule has 0 fully saturated rings. The molecule has 5 heteroatoms. The number of hydrogen-bond acceptors (Lipinski definition) is 5. The van der Waals surface area contributed by atoms with E-state index in [1.54, 1.807) is 6.20 Å². The van der Waals surface area contributed by atoms with Gasteiger partial charge in [-0.2, -0.15) is 4.98 Å². The molecular weight excluding hydrogens is 192 g/mol. The Labute approximate surface area is 87.3 Å². The molecule has 0 aliphatic carbocycles. The standard InChI is InChI=1S/C10H12N4O/c11-5-4-10-13-9(14-15-10)7-8-3-1-2-6-12-8/h1-3,6H,4-5,7,11H2. The highest BCUT2D eigenvalue weighted by Gasteiger charge is 2.06. The van der Waals surface area contributed by atoms with Gasteiger partial charge in [-0.25, -0.2) is 0 Å². The van der Waals surface area contributed by atoms with E-state index in [9.17, 15) is 0 Å². The third kappa shape index (κ3) is 2.60. The molecule has 2 aromatic rings. The molecule has 0 amide bonds. The fourth-order valence-corrected chi connectivity index (χ4v) is 1.25. The fourth-order valence-electron chi connectivity index (χ4n) is 1.25. The summed E-state index contributed by atoms with van der Waals surface area (Å²) in [6.07, 6.45) is 2.96. The van der Waals surface area contributed by atoms with Crippen LogP contribution in [0.5, 0.6) is 0 Å². The molecular formula is C10H12N4O. The zero-order valence-electron chi connectivity index (χ0n) is 8.26. The number of rotatable bonds is 4. The van der Waals surface area contributed by atoms with Gasteiger partial charge in [0.2, 0.25) is 5.89 Å². The molecule has 0 saturated carbocycles. The first-order chi connectivity index (χ1) is 7.38. The van der Waals surface area contributed by atoms with Gasteiger partial charge in [-0.1, -0.05) is 11.2 Å². The minimum absolute atomic E-state index is 0.519. The molecule has 0 saturated heterocycles. The lowest BCUT2D eigenvalue weighted by atomic mass is 10.2. The van der Waals surface area contributed by atoms with E-state index < -0.39 is 0 Å². The highest BCUT2D eigenvalue weighted by atomic mass is 16.5. The number of aromatic nitrogens is 3. The Bertz CT molecular complexity index is 412. The molecule has 0 bridgehead atoms. The molecule has 0 aliphatic heterocycles. The van der Waals surface area contributed by atoms with Crippen molar-refractivity contribution >= 4 is 0 Å². The first-order valence-electron chi connectivity index (χ1n) is 4.80. The van der Waals surface area contributed by atoms with Gasteiger partial charge in [0.25, 0.3) is 0 Å². The molecule has 2 heterocycles. The molecule has 2 aromatic heterocycles. The van der Waals surface area contributed by atoms with Crippen LogP contribution in [0.1, 0.15) is 17.4 Å². The van der Waals surface area contributed by atoms with Gasteiger partial charge in [-0.05, 0) is 12.1 Å². The second kappa shape index (κ2) is 4.65. The Hall–Kier alpha value is -1.75. The summed E-state index contributed by atoms with van der Waals surface area (Å²) in [5.74, 6) is 1.24. The summed E-state index contributed by atoms with van der Waals surface area (Å²) in [6, 6.07) is 5.74. The quantitative estimate of drug-likeness (QED) is 0.787. The number of nitrogens with zero attached hydrogens (tertiary/aromatic N) is 3. The van der Waals surface area contributed by atoms with Crippen LogP contribution < -0.4 is 5.73 Å². The largest absolute Gasteiger partial charge is 0.339 e. The lowest BCUT2D eigenvalue weighted by Gasteiger charge is -1.92. The predicted molar refractivity (Wildman–Crippen MR) is 54.1 cm³/mol. The Morgan fingerprint density at radius 1 is 1.33 bits per heavy atom. The second-order valence-corrected chi connectivity index (χ2v) is 3.14. The van der Waals surface area contributed by atoms with E-state index in [-0.39, 0.29) is 0 Å². The smallest absolute Gasteiger partial charge is 0.227 e. The summed E-state index contributed by atoms with van der Waals surface area (Å²) < 4.78 is 5.01. The number of hydrogen-bond donors (Lipinski definition) is 1. The third-order valence-electron chi connectivity index (χ3n) is 1.93. The van der Waals surface area contributed by atoms with Crippen molar-refractivity contribution in [3.8, 4) is 0 Å². The van der Waals surface area contributed by atoms with Crippen molar-refractivity contribution in [3.63, 3.8) is 0 Å². The van der Waals surface area contributed by atoms with Crippen molar-refractivity contribution in [2.45, 2.75) is 12.8 Å². The number of pyridine rings is 1. The molecule has 15 heavy (non-hydrogen) atoms. The second-order valence-electron chi connectivity index (χ2n) is 3.14. The molecule has 0 spiro atoms. The van der Waals surface area contributed by atoms with Gasteiger partial charge in [-0.15, -0.1) is 0 Å². The molecule has 0 aliphatic rings. The molecule has 0 atom stereocenters. The Kier molecular flexibility index (Phi) is 3.04. The molecule has 0 radical (unpaired) electrons. The van der Waals surface area contributed by atoms with Crippen LogP contribution in [0, 0.1) is 0 Å². The first-order valence-corrected chi connectivity index (χ1v) is 4.80. The molecule has 0 unspecified atom stereocenters. The maximum Gasteiger partial charge on any atom is 0.227 e. The van der Waals surface area contributed by atoms with Crippen LogP contribution in [0.15, 0.2) is 28.9 Å². The highest BCUT2D eigenvalue weighted by molar-refractivity contribution is 5.09. The molecule has 5 nitrogen and oxygen atoms in total. The Balaban J connectivity index is 2.05. The molecule has 0 aromatic carbocycles. The van der Waals surface area contributed by atoms with Crippen molar-refractivity contribution in [2.75, 3.05) is 6.54 Å². The van der Waals surface area contributed by atoms with Gasteiger partial charge in [0.1, 0.15) is 0 Å². The first kappa shape index (κ1) is 9.79. The van der Waals surface area contributed by atoms with E-state index in [4.69, 9.17) is 10.3 Å². The summed E-state index contributed by atoms with van der Waals surface area (Å²) in [5, 5.41) is 3.85. The number of nitrogens with two attached hydrogens (primary N) is 1. The maximum absolute atomic E-state index is 5.38. The van der Waals surface area contributed by atoms with Crippen LogP contribution in [-0.4, -0.2) is 21.7 Å². The SMILES string of the molecule is NCCc1nc(Cc2ccccn2)no1. The zero-order chi connectivity index (χ0) is 10.5. The summed E-state index contributed by atoms with van der Waals surface area (Å²) >= 11 is 0. The van der Waals surface area contributed by atoms with E-state index >= 15 is 0 Å². The van der Waals surface area contributed by atoms with E-state index in [2.05, 4.69) is 15.1 Å². The van der Waals surface area contributed by atoms with Crippen LogP contribution >= 0.6 is 0 Å². The van der Waals surface area contributed by atoms with Gasteiger partial charge in [0.15, 0.2) is 5.82 Å². The Morgan fingerprint density at radius 3 is 3.00 bits per heavy atom.